The summed E-state index contributed by atoms with van der Waals surface area (Å²) in [6.07, 6.45) is 6.63. The first-order valence-electron chi connectivity index (χ1n) is 11.2. The maximum atomic E-state index is 11.0. The van der Waals surface area contributed by atoms with E-state index in [1.54, 1.807) is 0 Å². The highest BCUT2D eigenvalue weighted by Gasteiger charge is 2.32. The van der Waals surface area contributed by atoms with E-state index in [2.05, 4.69) is 69.3 Å². The van der Waals surface area contributed by atoms with Crippen molar-refractivity contribution in [2.75, 3.05) is 0 Å². The molecule has 0 amide bonds. The predicted octanol–water partition coefficient (Wildman–Crippen LogP) is 5.33. The maximum absolute atomic E-state index is 11.0. The quantitative estimate of drug-likeness (QED) is 0.357. The molecule has 0 fully saturated rings. The van der Waals surface area contributed by atoms with Gasteiger partial charge in [-0.2, -0.15) is 0 Å². The maximum Gasteiger partial charge on any atom is 0.303 e. The molecule has 0 saturated carbocycles. The molecule has 1 unspecified atom stereocenters. The van der Waals surface area contributed by atoms with Gasteiger partial charge in [-0.25, -0.2) is 0 Å². The molecule has 0 saturated heterocycles. The standard InChI is InChI=1S/C26H37O3Si/c1-26(2,3)30(21-15-9-8-10-16-21)24-19-14-13-17-22(24)23(27)18-11-6-4-5-7-12-20-25(28)29/h8-10,13-17,19,23,27H,4-7,11-12,18,20H2,1-3H3,(H,28,29). The molecule has 1 atom stereocenters. The molecule has 0 aliphatic carbocycles. The van der Waals surface area contributed by atoms with E-state index < -0.39 is 20.9 Å². The highest BCUT2D eigenvalue weighted by atomic mass is 28.3. The summed E-state index contributed by atoms with van der Waals surface area (Å²) in [5.74, 6) is -0.705. The fraction of sp³-hybridized carbons (Fsp3) is 0.500. The van der Waals surface area contributed by atoms with Crippen LogP contribution in [0.25, 0.3) is 0 Å². The van der Waals surface area contributed by atoms with Gasteiger partial charge in [0.1, 0.15) is 8.80 Å². The third-order valence-corrected chi connectivity index (χ3v) is 8.92. The minimum absolute atomic E-state index is 0.137. The van der Waals surface area contributed by atoms with Crippen LogP contribution in [0.15, 0.2) is 54.6 Å². The zero-order valence-corrected chi connectivity index (χ0v) is 19.7. The Morgan fingerprint density at radius 3 is 2.07 bits per heavy atom. The number of hydrogen-bond donors (Lipinski definition) is 2. The molecule has 0 heterocycles. The normalized spacial score (nSPS) is 12.8. The smallest absolute Gasteiger partial charge is 0.303 e. The summed E-state index contributed by atoms with van der Waals surface area (Å²) in [6.45, 7) is 6.92. The Hall–Kier alpha value is -1.91. The average Bonchev–Trinajstić information content (AvgIpc) is 2.70. The van der Waals surface area contributed by atoms with Gasteiger partial charge in [0.15, 0.2) is 0 Å². The van der Waals surface area contributed by atoms with Gasteiger partial charge in [-0.05, 0) is 28.6 Å². The number of carboxylic acids is 1. The highest BCUT2D eigenvalue weighted by molar-refractivity contribution is 6.87. The summed E-state index contributed by atoms with van der Waals surface area (Å²) >= 11 is 0. The molecule has 4 heteroatoms. The van der Waals surface area contributed by atoms with Crippen molar-refractivity contribution in [2.45, 2.75) is 83.3 Å². The summed E-state index contributed by atoms with van der Waals surface area (Å²) in [6, 6.07) is 19.2. The zero-order chi connectivity index (χ0) is 22.0. The summed E-state index contributed by atoms with van der Waals surface area (Å²) in [7, 11) is -1.05. The van der Waals surface area contributed by atoms with Crippen LogP contribution in [0.2, 0.25) is 5.04 Å². The Morgan fingerprint density at radius 2 is 1.43 bits per heavy atom. The molecule has 2 N–H and O–H groups in total. The highest BCUT2D eigenvalue weighted by Crippen LogP contribution is 2.29. The van der Waals surface area contributed by atoms with Crippen LogP contribution in [-0.4, -0.2) is 25.0 Å². The molecule has 30 heavy (non-hydrogen) atoms. The number of aliphatic hydroxyl groups is 1. The molecule has 2 aromatic carbocycles. The Morgan fingerprint density at radius 1 is 0.867 bits per heavy atom. The Labute approximate surface area is 183 Å². The van der Waals surface area contributed by atoms with E-state index in [0.717, 1.165) is 50.5 Å². The topological polar surface area (TPSA) is 57.5 Å². The number of unbranched alkanes of at least 4 members (excludes halogenated alkanes) is 5. The average molecular weight is 426 g/mol. The second kappa shape index (κ2) is 12.1. The minimum Gasteiger partial charge on any atom is -0.481 e. The first kappa shape index (κ1) is 24.4. The van der Waals surface area contributed by atoms with Crippen LogP contribution in [-0.2, 0) is 4.79 Å². The lowest BCUT2D eigenvalue weighted by atomic mass is 10.0. The van der Waals surface area contributed by atoms with Crippen molar-refractivity contribution in [3.63, 3.8) is 0 Å². The molecule has 0 bridgehead atoms. The molecule has 3 nitrogen and oxygen atoms in total. The lowest BCUT2D eigenvalue weighted by Gasteiger charge is -2.32. The van der Waals surface area contributed by atoms with Gasteiger partial charge in [0, 0.05) is 6.42 Å². The summed E-state index contributed by atoms with van der Waals surface area (Å²) in [5.41, 5.74) is 1.09. The van der Waals surface area contributed by atoms with E-state index in [4.69, 9.17) is 5.11 Å². The molecule has 0 aromatic heterocycles. The number of aliphatic hydroxyl groups excluding tert-OH is 1. The van der Waals surface area contributed by atoms with Crippen molar-refractivity contribution in [3.8, 4) is 0 Å². The number of hydrogen-bond acceptors (Lipinski definition) is 2. The van der Waals surface area contributed by atoms with Gasteiger partial charge in [-0.3, -0.25) is 4.79 Å². The van der Waals surface area contributed by atoms with Gasteiger partial charge in [0.25, 0.3) is 0 Å². The summed E-state index contributed by atoms with van der Waals surface area (Å²) in [4.78, 5) is 10.5. The Kier molecular flexibility index (Phi) is 9.80. The Balaban J connectivity index is 1.99. The number of carbonyl (C=O) groups is 1. The first-order valence-corrected chi connectivity index (χ1v) is 12.7. The van der Waals surface area contributed by atoms with Crippen LogP contribution in [0.5, 0.6) is 0 Å². The fourth-order valence-electron chi connectivity index (χ4n) is 4.09. The van der Waals surface area contributed by atoms with Crippen molar-refractivity contribution < 1.29 is 15.0 Å². The van der Waals surface area contributed by atoms with Crippen molar-refractivity contribution in [1.29, 1.82) is 0 Å². The van der Waals surface area contributed by atoms with Crippen LogP contribution >= 0.6 is 0 Å². The molecule has 0 aliphatic rings. The second-order valence-corrected chi connectivity index (χ2v) is 12.5. The van der Waals surface area contributed by atoms with Crippen molar-refractivity contribution in [3.05, 3.63) is 60.2 Å². The zero-order valence-electron chi connectivity index (χ0n) is 18.7. The molecule has 0 aliphatic heterocycles. The lowest BCUT2D eigenvalue weighted by Crippen LogP contribution is -2.50. The van der Waals surface area contributed by atoms with E-state index in [0.29, 0.717) is 0 Å². The minimum atomic E-state index is -1.05. The van der Waals surface area contributed by atoms with Gasteiger partial charge in [-0.15, -0.1) is 0 Å². The monoisotopic (exact) mass is 425 g/mol. The second-order valence-electron chi connectivity index (χ2n) is 9.15. The van der Waals surface area contributed by atoms with Crippen LogP contribution in [0.3, 0.4) is 0 Å². The van der Waals surface area contributed by atoms with E-state index in [1.807, 2.05) is 6.07 Å². The molecular formula is C26H37O3Si. The molecule has 2 rings (SSSR count). The molecule has 2 aromatic rings. The molecule has 1 radical (unpaired) electrons. The van der Waals surface area contributed by atoms with Gasteiger partial charge in [-0.1, -0.05) is 113 Å². The number of carboxylic acid groups (broad SMARTS) is 1. The van der Waals surface area contributed by atoms with E-state index in [9.17, 15) is 9.90 Å². The first-order chi connectivity index (χ1) is 14.3. The van der Waals surface area contributed by atoms with Crippen LogP contribution in [0.4, 0.5) is 0 Å². The third-order valence-electron chi connectivity index (χ3n) is 5.52. The van der Waals surface area contributed by atoms with Crippen molar-refractivity contribution in [1.82, 2.24) is 0 Å². The molecule has 163 valence electrons. The largest absolute Gasteiger partial charge is 0.481 e. The van der Waals surface area contributed by atoms with Crippen LogP contribution < -0.4 is 10.4 Å². The van der Waals surface area contributed by atoms with E-state index in [-0.39, 0.29) is 11.5 Å². The molecule has 0 spiro atoms. The summed E-state index contributed by atoms with van der Waals surface area (Å²) in [5, 5.41) is 22.5. The number of aliphatic carboxylic acids is 1. The van der Waals surface area contributed by atoms with Crippen LogP contribution in [0, 0.1) is 0 Å². The van der Waals surface area contributed by atoms with Crippen molar-refractivity contribution >= 4 is 25.1 Å². The van der Waals surface area contributed by atoms with E-state index in [1.165, 1.54) is 10.4 Å². The van der Waals surface area contributed by atoms with Gasteiger partial charge in [0.2, 0.25) is 0 Å². The van der Waals surface area contributed by atoms with Crippen molar-refractivity contribution in [2.24, 2.45) is 0 Å². The number of benzene rings is 2. The van der Waals surface area contributed by atoms with E-state index >= 15 is 0 Å². The third kappa shape index (κ3) is 7.73. The lowest BCUT2D eigenvalue weighted by molar-refractivity contribution is -0.137. The molecular weight excluding hydrogens is 388 g/mol. The predicted molar refractivity (Wildman–Crippen MR) is 127 cm³/mol. The van der Waals surface area contributed by atoms with Gasteiger partial charge >= 0.3 is 5.97 Å². The number of rotatable bonds is 12. The fourth-order valence-corrected chi connectivity index (χ4v) is 7.40. The van der Waals surface area contributed by atoms with Crippen LogP contribution in [0.1, 0.15) is 83.8 Å². The van der Waals surface area contributed by atoms with Gasteiger partial charge < -0.3 is 10.2 Å². The SMILES string of the molecule is CC(C)(C)[Si](c1ccccc1)c1ccccc1C(O)CCCCCCCCC(=O)O. The van der Waals surface area contributed by atoms with Gasteiger partial charge in [0.05, 0.1) is 6.10 Å². The Bertz CT molecular complexity index is 767. The summed E-state index contributed by atoms with van der Waals surface area (Å²) < 4.78 is 0.